The van der Waals surface area contributed by atoms with E-state index in [1.165, 1.54) is 6.42 Å². The van der Waals surface area contributed by atoms with Gasteiger partial charge in [-0.05, 0) is 31.9 Å². The van der Waals surface area contributed by atoms with Gasteiger partial charge in [-0.3, -0.25) is 4.68 Å². The van der Waals surface area contributed by atoms with Crippen LogP contribution >= 0.6 is 0 Å². The number of nitrogens with one attached hydrogen (secondary N) is 1. The maximum atomic E-state index is 14.0. The molecular weight excluding hydrogens is 205 g/mol. The number of rotatable bonds is 4. The maximum absolute atomic E-state index is 14.0. The van der Waals surface area contributed by atoms with Gasteiger partial charge in [0.2, 0.25) is 0 Å². The molecule has 0 amide bonds. The maximum Gasteiger partial charge on any atom is 0.119 e. The van der Waals surface area contributed by atoms with Gasteiger partial charge >= 0.3 is 0 Å². The Morgan fingerprint density at radius 3 is 3.12 bits per heavy atom. The second-order valence-electron chi connectivity index (χ2n) is 4.48. The first-order chi connectivity index (χ1) is 7.79. The number of aryl methyl sites for hydroxylation is 1. The molecule has 16 heavy (non-hydrogen) atoms. The molecule has 1 aliphatic rings. The molecule has 4 heteroatoms. The van der Waals surface area contributed by atoms with Crippen molar-refractivity contribution in [1.82, 2.24) is 15.1 Å². The lowest BCUT2D eigenvalue weighted by atomic mass is 9.97. The van der Waals surface area contributed by atoms with Crippen molar-refractivity contribution < 1.29 is 4.39 Å². The number of halogens is 1. The Bertz CT molecular complexity index is 318. The molecule has 2 atom stereocenters. The third kappa shape index (κ3) is 2.82. The third-order valence-electron chi connectivity index (χ3n) is 3.23. The topological polar surface area (TPSA) is 29.9 Å². The highest BCUT2D eigenvalue weighted by Gasteiger charge is 2.23. The van der Waals surface area contributed by atoms with E-state index in [9.17, 15) is 4.39 Å². The lowest BCUT2D eigenvalue weighted by Gasteiger charge is -2.26. The minimum atomic E-state index is -0.783. The van der Waals surface area contributed by atoms with Gasteiger partial charge in [0.05, 0.1) is 6.20 Å². The van der Waals surface area contributed by atoms with Gasteiger partial charge in [0.1, 0.15) is 6.17 Å². The normalized spacial score (nSPS) is 23.2. The van der Waals surface area contributed by atoms with E-state index in [0.717, 1.165) is 31.5 Å². The average molecular weight is 225 g/mol. The summed E-state index contributed by atoms with van der Waals surface area (Å²) in [5, 5.41) is 7.42. The lowest BCUT2D eigenvalue weighted by Crippen LogP contribution is -2.42. The van der Waals surface area contributed by atoms with Crippen molar-refractivity contribution in [2.75, 3.05) is 6.54 Å². The fourth-order valence-electron chi connectivity index (χ4n) is 2.24. The van der Waals surface area contributed by atoms with Crippen molar-refractivity contribution in [3.63, 3.8) is 0 Å². The zero-order valence-corrected chi connectivity index (χ0v) is 9.82. The van der Waals surface area contributed by atoms with Gasteiger partial charge < -0.3 is 5.32 Å². The predicted octanol–water partition coefficient (Wildman–Crippen LogP) is 1.93. The molecule has 0 aliphatic carbocycles. The molecule has 2 rings (SSSR count). The first-order valence-corrected chi connectivity index (χ1v) is 6.18. The number of nitrogens with zero attached hydrogens (tertiary/aromatic N) is 2. The second kappa shape index (κ2) is 5.43. The molecule has 1 aliphatic heterocycles. The predicted molar refractivity (Wildman–Crippen MR) is 62.1 cm³/mol. The van der Waals surface area contributed by atoms with Crippen LogP contribution in [-0.4, -0.2) is 28.5 Å². The van der Waals surface area contributed by atoms with Gasteiger partial charge in [0.15, 0.2) is 0 Å². The summed E-state index contributed by atoms with van der Waals surface area (Å²) in [5.41, 5.74) is 1.00. The van der Waals surface area contributed by atoms with E-state index in [2.05, 4.69) is 10.4 Å². The van der Waals surface area contributed by atoms with Crippen molar-refractivity contribution in [2.24, 2.45) is 0 Å². The summed E-state index contributed by atoms with van der Waals surface area (Å²) in [5.74, 6) is 0. The number of hydrogen-bond acceptors (Lipinski definition) is 2. The summed E-state index contributed by atoms with van der Waals surface area (Å²) in [6.07, 6.45) is 6.70. The molecule has 0 saturated carbocycles. The molecule has 0 bridgehead atoms. The Hall–Kier alpha value is -0.900. The Labute approximate surface area is 96.0 Å². The molecule has 0 radical (unpaired) electrons. The molecule has 90 valence electrons. The van der Waals surface area contributed by atoms with E-state index in [0.29, 0.717) is 6.42 Å². The quantitative estimate of drug-likeness (QED) is 0.848. The molecule has 1 aromatic heterocycles. The van der Waals surface area contributed by atoms with Crippen LogP contribution in [-0.2, 0) is 13.0 Å². The summed E-state index contributed by atoms with van der Waals surface area (Å²) in [6, 6.07) is 0.0405. The number of alkyl halides is 1. The van der Waals surface area contributed by atoms with Crippen LogP contribution in [0, 0.1) is 0 Å². The van der Waals surface area contributed by atoms with Crippen molar-refractivity contribution in [2.45, 2.75) is 51.4 Å². The molecule has 3 nitrogen and oxygen atoms in total. The minimum Gasteiger partial charge on any atom is -0.311 e. The molecular formula is C12H20FN3. The summed E-state index contributed by atoms with van der Waals surface area (Å²) < 4.78 is 15.8. The van der Waals surface area contributed by atoms with Crippen molar-refractivity contribution in [3.05, 3.63) is 18.0 Å². The van der Waals surface area contributed by atoms with Gasteiger partial charge in [-0.25, -0.2) is 4.39 Å². The van der Waals surface area contributed by atoms with Crippen LogP contribution < -0.4 is 5.32 Å². The highest BCUT2D eigenvalue weighted by Crippen LogP contribution is 2.16. The van der Waals surface area contributed by atoms with Crippen LogP contribution in [0.5, 0.6) is 0 Å². The summed E-state index contributed by atoms with van der Waals surface area (Å²) in [4.78, 5) is 0. The Kier molecular flexibility index (Phi) is 3.93. The fraction of sp³-hybridized carbons (Fsp3) is 0.750. The van der Waals surface area contributed by atoms with E-state index < -0.39 is 6.17 Å². The molecule has 1 aromatic rings. The lowest BCUT2D eigenvalue weighted by molar-refractivity contribution is 0.217. The Balaban J connectivity index is 1.87. The van der Waals surface area contributed by atoms with Gasteiger partial charge in [-0.1, -0.05) is 6.42 Å². The van der Waals surface area contributed by atoms with Crippen LogP contribution in [0.4, 0.5) is 4.39 Å². The summed E-state index contributed by atoms with van der Waals surface area (Å²) >= 11 is 0. The molecule has 2 unspecified atom stereocenters. The zero-order chi connectivity index (χ0) is 11.4. The molecule has 1 saturated heterocycles. The molecule has 1 fully saturated rings. The van der Waals surface area contributed by atoms with E-state index in [1.54, 1.807) is 6.20 Å². The third-order valence-corrected chi connectivity index (χ3v) is 3.23. The van der Waals surface area contributed by atoms with E-state index in [4.69, 9.17) is 0 Å². The van der Waals surface area contributed by atoms with Gasteiger partial charge in [0.25, 0.3) is 0 Å². The largest absolute Gasteiger partial charge is 0.311 e. The van der Waals surface area contributed by atoms with Crippen LogP contribution in [0.3, 0.4) is 0 Å². The number of hydrogen-bond donors (Lipinski definition) is 1. The van der Waals surface area contributed by atoms with E-state index >= 15 is 0 Å². The van der Waals surface area contributed by atoms with Gasteiger partial charge in [-0.15, -0.1) is 0 Å². The van der Waals surface area contributed by atoms with Gasteiger partial charge in [-0.2, -0.15) is 5.10 Å². The zero-order valence-electron chi connectivity index (χ0n) is 9.82. The number of aromatic nitrogens is 2. The fourth-order valence-corrected chi connectivity index (χ4v) is 2.24. The highest BCUT2D eigenvalue weighted by atomic mass is 19.1. The monoisotopic (exact) mass is 225 g/mol. The Morgan fingerprint density at radius 2 is 2.50 bits per heavy atom. The summed E-state index contributed by atoms with van der Waals surface area (Å²) in [6.45, 7) is 3.84. The smallest absolute Gasteiger partial charge is 0.119 e. The second-order valence-corrected chi connectivity index (χ2v) is 4.48. The minimum absolute atomic E-state index is 0.0405. The highest BCUT2D eigenvalue weighted by molar-refractivity contribution is 5.06. The van der Waals surface area contributed by atoms with Crippen molar-refractivity contribution in [3.8, 4) is 0 Å². The summed E-state index contributed by atoms with van der Waals surface area (Å²) in [7, 11) is 0. The van der Waals surface area contributed by atoms with Gasteiger partial charge in [0, 0.05) is 25.2 Å². The van der Waals surface area contributed by atoms with Crippen LogP contribution in [0.1, 0.15) is 31.7 Å². The standard InChI is InChI=1S/C12H20FN3/c1-2-16-9-10(8-15-16)7-11(13)12-5-3-4-6-14-12/h8-9,11-12,14H,2-7H2,1H3. The first kappa shape index (κ1) is 11.6. The van der Waals surface area contributed by atoms with Crippen molar-refractivity contribution >= 4 is 0 Å². The van der Waals surface area contributed by atoms with Crippen LogP contribution in [0.25, 0.3) is 0 Å². The molecule has 0 aromatic carbocycles. The van der Waals surface area contributed by atoms with E-state index in [-0.39, 0.29) is 6.04 Å². The first-order valence-electron chi connectivity index (χ1n) is 6.18. The van der Waals surface area contributed by atoms with E-state index in [1.807, 2.05) is 17.8 Å². The van der Waals surface area contributed by atoms with Crippen molar-refractivity contribution in [1.29, 1.82) is 0 Å². The average Bonchev–Trinajstić information content (AvgIpc) is 2.78. The van der Waals surface area contributed by atoms with Crippen LogP contribution in [0.2, 0.25) is 0 Å². The molecule has 2 heterocycles. The number of piperidine rings is 1. The SMILES string of the molecule is CCn1cc(CC(F)C2CCCCN2)cn1. The molecule has 0 spiro atoms. The Morgan fingerprint density at radius 1 is 1.62 bits per heavy atom. The van der Waals surface area contributed by atoms with Crippen LogP contribution in [0.15, 0.2) is 12.4 Å². The molecule has 1 N–H and O–H groups in total.